The molecule has 10 nitrogen and oxygen atoms in total. The third kappa shape index (κ3) is 6.92. The lowest BCUT2D eigenvalue weighted by atomic mass is 9.70. The van der Waals surface area contributed by atoms with Gasteiger partial charge in [-0.05, 0) is 69.8 Å². The summed E-state index contributed by atoms with van der Waals surface area (Å²) in [6.07, 6.45) is 0.161. The van der Waals surface area contributed by atoms with E-state index in [-0.39, 0.29) is 46.6 Å². The third-order valence-electron chi connectivity index (χ3n) is 10.8. The molecule has 1 aromatic rings. The molecule has 4 fully saturated rings. The maximum Gasteiger partial charge on any atom is 0.390 e. The number of carbonyl (C=O) groups excluding carboxylic acids is 2. The normalized spacial score (nSPS) is 30.2. The van der Waals surface area contributed by atoms with Gasteiger partial charge in [0, 0.05) is 31.2 Å². The van der Waals surface area contributed by atoms with Crippen LogP contribution in [0, 0.1) is 28.1 Å². The van der Waals surface area contributed by atoms with Gasteiger partial charge in [0.25, 0.3) is 5.91 Å². The lowest BCUT2D eigenvalue weighted by Crippen LogP contribution is -2.53. The molecule has 4 aliphatic rings. The number of carboxylic acids is 1. The number of hydrogen-bond acceptors (Lipinski definition) is 7. The average molecular weight is 649 g/mol. The number of methoxy groups -OCH3 is 1. The highest BCUT2D eigenvalue weighted by Crippen LogP contribution is 2.45. The number of nitrogens with zero attached hydrogens (tertiary/aromatic N) is 2. The van der Waals surface area contributed by atoms with E-state index in [4.69, 9.17) is 9.47 Å². The number of rotatable bonds is 11. The Morgan fingerprint density at radius 1 is 1.07 bits per heavy atom. The molecule has 1 unspecified atom stereocenters. The number of nitriles is 1. The summed E-state index contributed by atoms with van der Waals surface area (Å²) in [5, 5.41) is 25.4. The Kier molecular flexibility index (Phi) is 9.51. The number of alkyl halides is 3. The number of amides is 2. The van der Waals surface area contributed by atoms with Crippen molar-refractivity contribution in [2.24, 2.45) is 16.7 Å². The highest BCUT2D eigenvalue weighted by Gasteiger charge is 2.57. The lowest BCUT2D eigenvalue weighted by Gasteiger charge is -2.39. The fourth-order valence-electron chi connectivity index (χ4n) is 7.72. The van der Waals surface area contributed by atoms with E-state index in [2.05, 4.69) is 23.6 Å². The molecule has 1 aromatic carbocycles. The minimum Gasteiger partial charge on any atom is -0.496 e. The summed E-state index contributed by atoms with van der Waals surface area (Å²) >= 11 is 0. The van der Waals surface area contributed by atoms with Crippen molar-refractivity contribution < 1.29 is 42.1 Å². The molecule has 4 atom stereocenters. The molecule has 5 rings (SSSR count). The molecule has 2 heterocycles. The molecule has 2 saturated heterocycles. The van der Waals surface area contributed by atoms with Crippen molar-refractivity contribution in [1.29, 1.82) is 5.26 Å². The number of carbonyl (C=O) groups is 3. The van der Waals surface area contributed by atoms with Gasteiger partial charge in [0.05, 0.1) is 48.1 Å². The number of hydrogen-bond donors (Lipinski definition) is 3. The molecule has 2 aliphatic carbocycles. The van der Waals surface area contributed by atoms with Gasteiger partial charge in [0.2, 0.25) is 5.91 Å². The van der Waals surface area contributed by atoms with Crippen molar-refractivity contribution in [2.45, 2.75) is 108 Å². The maximum atomic E-state index is 13.9. The van der Waals surface area contributed by atoms with Crippen LogP contribution in [-0.4, -0.2) is 78.4 Å². The van der Waals surface area contributed by atoms with Crippen molar-refractivity contribution in [3.05, 3.63) is 23.3 Å². The first kappa shape index (κ1) is 33.8. The number of carboxylic acid groups (broad SMARTS) is 1. The molecular weight excluding hydrogens is 605 g/mol. The molecule has 2 amide bonds. The molecular formula is C33H43F3N4O6. The van der Waals surface area contributed by atoms with Crippen LogP contribution in [-0.2, 0) is 9.59 Å². The predicted molar refractivity (Wildman–Crippen MR) is 160 cm³/mol. The van der Waals surface area contributed by atoms with Crippen LogP contribution in [0.5, 0.6) is 11.5 Å². The van der Waals surface area contributed by atoms with Gasteiger partial charge in [-0.1, -0.05) is 13.3 Å². The average Bonchev–Trinajstić information content (AvgIpc) is 3.53. The van der Waals surface area contributed by atoms with Gasteiger partial charge in [-0.15, -0.1) is 0 Å². The Bertz CT molecular complexity index is 1380. The van der Waals surface area contributed by atoms with E-state index in [1.807, 2.05) is 0 Å². The van der Waals surface area contributed by atoms with Crippen LogP contribution in [0.15, 0.2) is 12.1 Å². The number of aliphatic carboxylic acids is 1. The van der Waals surface area contributed by atoms with Crippen LogP contribution in [0.2, 0.25) is 0 Å². The fraction of sp³-hybridized carbons (Fsp3) is 0.697. The second kappa shape index (κ2) is 12.9. The van der Waals surface area contributed by atoms with Crippen LogP contribution in [0.25, 0.3) is 0 Å². The summed E-state index contributed by atoms with van der Waals surface area (Å²) < 4.78 is 51.3. The Balaban J connectivity index is 1.37. The molecule has 0 spiro atoms. The van der Waals surface area contributed by atoms with Crippen LogP contribution < -0.4 is 20.1 Å². The second-order valence-corrected chi connectivity index (χ2v) is 14.1. The molecule has 46 heavy (non-hydrogen) atoms. The molecule has 0 aromatic heterocycles. The SMILES string of the molecule is COc1cc(C#N)c(OC2CCC(C)(C(=O)O)CC2)cc1C(=O)N[C@@H]1C(C(=O)NCC2(C)CCC2)[C@@H]2CC[C@H]1N2CCC(F)(F)F. The zero-order valence-corrected chi connectivity index (χ0v) is 26.5. The van der Waals surface area contributed by atoms with E-state index in [1.54, 1.807) is 11.8 Å². The highest BCUT2D eigenvalue weighted by molar-refractivity contribution is 5.98. The number of nitrogens with one attached hydrogen (secondary N) is 2. The van der Waals surface area contributed by atoms with Crippen LogP contribution in [0.1, 0.15) is 94.0 Å². The number of fused-ring (bicyclic) bond motifs is 2. The largest absolute Gasteiger partial charge is 0.496 e. The number of halogens is 3. The highest BCUT2D eigenvalue weighted by atomic mass is 19.4. The third-order valence-corrected chi connectivity index (χ3v) is 10.8. The molecule has 3 N–H and O–H groups in total. The van der Waals surface area contributed by atoms with Gasteiger partial charge >= 0.3 is 12.1 Å². The van der Waals surface area contributed by atoms with E-state index in [9.17, 15) is 37.9 Å². The predicted octanol–water partition coefficient (Wildman–Crippen LogP) is 4.80. The van der Waals surface area contributed by atoms with Crippen LogP contribution in [0.3, 0.4) is 0 Å². The van der Waals surface area contributed by atoms with Gasteiger partial charge < -0.3 is 25.2 Å². The van der Waals surface area contributed by atoms with Gasteiger partial charge in [-0.25, -0.2) is 0 Å². The van der Waals surface area contributed by atoms with Crippen molar-refractivity contribution in [3.8, 4) is 17.6 Å². The monoisotopic (exact) mass is 648 g/mol. The summed E-state index contributed by atoms with van der Waals surface area (Å²) in [6, 6.07) is 3.26. The van der Waals surface area contributed by atoms with Crippen molar-refractivity contribution in [1.82, 2.24) is 15.5 Å². The molecule has 2 saturated carbocycles. The minimum absolute atomic E-state index is 0.00116. The summed E-state index contributed by atoms with van der Waals surface area (Å²) in [6.45, 7) is 4.01. The van der Waals surface area contributed by atoms with E-state index in [0.717, 1.165) is 19.3 Å². The first-order valence-electron chi connectivity index (χ1n) is 16.1. The van der Waals surface area contributed by atoms with Gasteiger partial charge in [0.15, 0.2) is 0 Å². The van der Waals surface area contributed by atoms with Gasteiger partial charge in [-0.3, -0.25) is 19.3 Å². The zero-order chi connectivity index (χ0) is 33.4. The fourth-order valence-corrected chi connectivity index (χ4v) is 7.72. The van der Waals surface area contributed by atoms with Gasteiger partial charge in [-0.2, -0.15) is 18.4 Å². The first-order valence-corrected chi connectivity index (χ1v) is 16.1. The van der Waals surface area contributed by atoms with E-state index >= 15 is 0 Å². The Labute approximate surface area is 267 Å². The molecule has 2 aliphatic heterocycles. The molecule has 2 bridgehead atoms. The standard InChI is InChI=1S/C33H43F3N4O6/c1-31(9-4-10-31)18-38-29(42)26-22-5-6-23(40(22)14-13-33(34,35)36)27(26)39-28(41)21-16-24(19(17-37)15-25(21)45-3)46-20-7-11-32(2,12-8-20)30(43)44/h15-16,20,22-23,26-27H,4-14,18H2,1-3H3,(H,38,42)(H,39,41)(H,43,44)/t20?,22-,23+,26?,27-,32?/m0/s1. The second-order valence-electron chi connectivity index (χ2n) is 14.1. The van der Waals surface area contributed by atoms with E-state index < -0.39 is 53.9 Å². The van der Waals surface area contributed by atoms with E-state index in [1.165, 1.54) is 19.2 Å². The summed E-state index contributed by atoms with van der Waals surface area (Å²) in [4.78, 5) is 40.9. The summed E-state index contributed by atoms with van der Waals surface area (Å²) in [7, 11) is 1.36. The van der Waals surface area contributed by atoms with Crippen molar-refractivity contribution in [3.63, 3.8) is 0 Å². The molecule has 252 valence electrons. The van der Waals surface area contributed by atoms with Crippen molar-refractivity contribution >= 4 is 17.8 Å². The molecule has 0 radical (unpaired) electrons. The quantitative estimate of drug-likeness (QED) is 0.311. The van der Waals surface area contributed by atoms with Crippen LogP contribution >= 0.6 is 0 Å². The maximum absolute atomic E-state index is 13.9. The molecule has 13 heteroatoms. The topological polar surface area (TPSA) is 141 Å². The van der Waals surface area contributed by atoms with Crippen molar-refractivity contribution in [2.75, 3.05) is 20.2 Å². The number of ether oxygens (including phenoxy) is 2. The zero-order valence-electron chi connectivity index (χ0n) is 26.5. The van der Waals surface area contributed by atoms with Gasteiger partial charge in [0.1, 0.15) is 17.6 Å². The smallest absolute Gasteiger partial charge is 0.390 e. The van der Waals surface area contributed by atoms with Crippen LogP contribution in [0.4, 0.5) is 13.2 Å². The minimum atomic E-state index is -4.35. The summed E-state index contributed by atoms with van der Waals surface area (Å²) in [5.74, 6) is -2.20. The number of benzene rings is 1. The Morgan fingerprint density at radius 2 is 1.74 bits per heavy atom. The first-order chi connectivity index (χ1) is 21.7. The van der Waals surface area contributed by atoms with E-state index in [0.29, 0.717) is 45.1 Å². The Hall–Kier alpha value is -3.53. The summed E-state index contributed by atoms with van der Waals surface area (Å²) in [5.41, 5.74) is -0.650. The Morgan fingerprint density at radius 3 is 2.30 bits per heavy atom. The lowest BCUT2D eigenvalue weighted by molar-refractivity contribution is -0.150.